The summed E-state index contributed by atoms with van der Waals surface area (Å²) in [4.78, 5) is 10.1. The van der Waals surface area contributed by atoms with Crippen LogP contribution in [0.1, 0.15) is 24.2 Å². The van der Waals surface area contributed by atoms with Crippen molar-refractivity contribution in [1.29, 1.82) is 0 Å². The Labute approximate surface area is 123 Å². The highest BCUT2D eigenvalue weighted by Crippen LogP contribution is 2.24. The summed E-state index contributed by atoms with van der Waals surface area (Å²) in [5.74, 6) is -2.94. The Hall–Kier alpha value is -1.03. The Morgan fingerprint density at radius 1 is 1.45 bits per heavy atom. The van der Waals surface area contributed by atoms with Gasteiger partial charge in [-0.3, -0.25) is 0 Å². The van der Waals surface area contributed by atoms with Gasteiger partial charge in [0.15, 0.2) is 5.82 Å². The number of aromatic carboxylic acids is 1. The molecule has 0 amide bonds. The number of rotatable bonds is 5. The molecule has 0 aliphatic carbocycles. The first kappa shape index (κ1) is 17.0. The summed E-state index contributed by atoms with van der Waals surface area (Å²) in [5, 5.41) is 18.3. The molecule has 0 spiro atoms. The number of halogens is 2. The largest absolute Gasteiger partial charge is 0.478 e. The van der Waals surface area contributed by atoms with E-state index in [4.69, 9.17) is 5.11 Å². The second kappa shape index (κ2) is 5.76. The molecule has 0 saturated heterocycles. The first-order chi connectivity index (χ1) is 8.94. The third-order valence-corrected chi connectivity index (χ3v) is 4.08. The van der Waals surface area contributed by atoms with Crippen LogP contribution in [0.15, 0.2) is 21.5 Å². The van der Waals surface area contributed by atoms with Crippen molar-refractivity contribution < 1.29 is 27.8 Å². The van der Waals surface area contributed by atoms with Crippen LogP contribution in [0.5, 0.6) is 0 Å². The lowest BCUT2D eigenvalue weighted by Gasteiger charge is -2.18. The Bertz CT molecular complexity index is 639. The normalized spacial score (nSPS) is 12.4. The molecule has 0 unspecified atom stereocenters. The summed E-state index contributed by atoms with van der Waals surface area (Å²) in [6.07, 6.45) is 0. The summed E-state index contributed by atoms with van der Waals surface area (Å²) in [6.45, 7) is 2.40. The standard InChI is InChI=1S/C11H13BrFNO5S/c1-11(2,17)5-14-20(18,19)8-4-6(12)3-7(9(8)13)10(15)16/h3-4,14,17H,5H2,1-2H3,(H,15,16). The number of carboxylic acid groups (broad SMARTS) is 1. The van der Waals surface area contributed by atoms with Crippen LogP contribution in [0.3, 0.4) is 0 Å². The second-order valence-corrected chi connectivity index (χ2v) is 7.36. The maximum atomic E-state index is 13.9. The van der Waals surface area contributed by atoms with Gasteiger partial charge in [0.2, 0.25) is 10.0 Å². The number of sulfonamides is 1. The predicted octanol–water partition coefficient (Wildman–Crippen LogP) is 1.34. The van der Waals surface area contributed by atoms with Crippen molar-refractivity contribution in [2.24, 2.45) is 0 Å². The molecule has 1 rings (SSSR count). The highest BCUT2D eigenvalue weighted by atomic mass is 79.9. The Morgan fingerprint density at radius 2 is 2.00 bits per heavy atom. The molecule has 9 heteroatoms. The van der Waals surface area contributed by atoms with Gasteiger partial charge in [-0.05, 0) is 26.0 Å². The zero-order chi connectivity index (χ0) is 15.7. The van der Waals surface area contributed by atoms with E-state index in [9.17, 15) is 22.7 Å². The Balaban J connectivity index is 3.29. The monoisotopic (exact) mass is 369 g/mol. The third kappa shape index (κ3) is 4.23. The van der Waals surface area contributed by atoms with E-state index in [1.54, 1.807) is 0 Å². The van der Waals surface area contributed by atoms with Crippen molar-refractivity contribution in [1.82, 2.24) is 4.72 Å². The van der Waals surface area contributed by atoms with E-state index < -0.39 is 37.9 Å². The van der Waals surface area contributed by atoms with Crippen LogP contribution in [0.2, 0.25) is 0 Å². The number of hydrogen-bond acceptors (Lipinski definition) is 4. The summed E-state index contributed by atoms with van der Waals surface area (Å²) >= 11 is 2.93. The van der Waals surface area contributed by atoms with E-state index >= 15 is 0 Å². The van der Waals surface area contributed by atoms with Crippen molar-refractivity contribution in [3.05, 3.63) is 28.0 Å². The quantitative estimate of drug-likeness (QED) is 0.726. The van der Waals surface area contributed by atoms with E-state index in [2.05, 4.69) is 15.9 Å². The van der Waals surface area contributed by atoms with Crippen LogP contribution in [-0.4, -0.2) is 36.7 Å². The van der Waals surface area contributed by atoms with Crippen molar-refractivity contribution in [3.63, 3.8) is 0 Å². The number of carbonyl (C=O) groups is 1. The van der Waals surface area contributed by atoms with Crippen LogP contribution >= 0.6 is 15.9 Å². The van der Waals surface area contributed by atoms with Gasteiger partial charge >= 0.3 is 5.97 Å². The van der Waals surface area contributed by atoms with Crippen molar-refractivity contribution in [3.8, 4) is 0 Å². The second-order valence-electron chi connectivity index (χ2n) is 4.71. The third-order valence-electron chi connectivity index (χ3n) is 2.22. The molecule has 0 radical (unpaired) electrons. The maximum Gasteiger partial charge on any atom is 0.338 e. The van der Waals surface area contributed by atoms with Crippen LogP contribution in [0, 0.1) is 5.82 Å². The fraction of sp³-hybridized carbons (Fsp3) is 0.364. The molecule has 1 aromatic rings. The molecule has 0 aliphatic rings. The van der Waals surface area contributed by atoms with Crippen LogP contribution < -0.4 is 4.72 Å². The average Bonchev–Trinajstić information content (AvgIpc) is 2.28. The fourth-order valence-corrected chi connectivity index (χ4v) is 3.20. The van der Waals surface area contributed by atoms with E-state index in [0.29, 0.717) is 0 Å². The molecule has 0 atom stereocenters. The zero-order valence-electron chi connectivity index (χ0n) is 10.6. The lowest BCUT2D eigenvalue weighted by Crippen LogP contribution is -2.38. The smallest absolute Gasteiger partial charge is 0.338 e. The number of benzene rings is 1. The van der Waals surface area contributed by atoms with Gasteiger partial charge in [-0.15, -0.1) is 0 Å². The molecular formula is C11H13BrFNO5S. The number of carboxylic acids is 1. The Kier molecular flexibility index (Phi) is 4.90. The summed E-state index contributed by atoms with van der Waals surface area (Å²) in [6, 6.07) is 1.92. The molecule has 0 aliphatic heterocycles. The molecule has 0 fully saturated rings. The van der Waals surface area contributed by atoms with Gasteiger partial charge in [-0.1, -0.05) is 15.9 Å². The van der Waals surface area contributed by atoms with Gasteiger partial charge in [0.05, 0.1) is 11.2 Å². The summed E-state index contributed by atoms with van der Waals surface area (Å²) < 4.78 is 40.0. The van der Waals surface area contributed by atoms with E-state index in [0.717, 1.165) is 12.1 Å². The van der Waals surface area contributed by atoms with E-state index in [1.807, 2.05) is 4.72 Å². The van der Waals surface area contributed by atoms with Crippen LogP contribution in [0.25, 0.3) is 0 Å². The molecular weight excluding hydrogens is 357 g/mol. The molecule has 1 aromatic carbocycles. The van der Waals surface area contributed by atoms with Gasteiger partial charge < -0.3 is 10.2 Å². The van der Waals surface area contributed by atoms with E-state index in [-0.39, 0.29) is 11.0 Å². The number of hydrogen-bond donors (Lipinski definition) is 3. The minimum Gasteiger partial charge on any atom is -0.478 e. The highest BCUT2D eigenvalue weighted by Gasteiger charge is 2.26. The topological polar surface area (TPSA) is 104 Å². The van der Waals surface area contributed by atoms with Gasteiger partial charge in [0.1, 0.15) is 4.90 Å². The van der Waals surface area contributed by atoms with Crippen LogP contribution in [-0.2, 0) is 10.0 Å². The van der Waals surface area contributed by atoms with Crippen LogP contribution in [0.4, 0.5) is 4.39 Å². The molecule has 0 saturated carbocycles. The zero-order valence-corrected chi connectivity index (χ0v) is 13.0. The SMILES string of the molecule is CC(C)(O)CNS(=O)(=O)c1cc(Br)cc(C(=O)O)c1F. The first-order valence-corrected chi connectivity index (χ1v) is 7.66. The van der Waals surface area contributed by atoms with Crippen molar-refractivity contribution in [2.75, 3.05) is 6.54 Å². The van der Waals surface area contributed by atoms with Gasteiger partial charge in [-0.25, -0.2) is 22.3 Å². The summed E-state index contributed by atoms with van der Waals surface area (Å²) in [5.41, 5.74) is -2.09. The molecule has 3 N–H and O–H groups in total. The van der Waals surface area contributed by atoms with Gasteiger partial charge in [-0.2, -0.15) is 0 Å². The van der Waals surface area contributed by atoms with E-state index in [1.165, 1.54) is 13.8 Å². The lowest BCUT2D eigenvalue weighted by molar-refractivity contribution is 0.0690. The first-order valence-electron chi connectivity index (χ1n) is 5.38. The highest BCUT2D eigenvalue weighted by molar-refractivity contribution is 9.10. The average molecular weight is 370 g/mol. The number of aliphatic hydroxyl groups is 1. The predicted molar refractivity (Wildman–Crippen MR) is 72.5 cm³/mol. The molecule has 112 valence electrons. The Morgan fingerprint density at radius 3 is 2.45 bits per heavy atom. The molecule has 20 heavy (non-hydrogen) atoms. The lowest BCUT2D eigenvalue weighted by atomic mass is 10.1. The molecule has 0 bridgehead atoms. The van der Waals surface area contributed by atoms with Gasteiger partial charge in [0.25, 0.3) is 0 Å². The van der Waals surface area contributed by atoms with Gasteiger partial charge in [0, 0.05) is 11.0 Å². The fourth-order valence-electron chi connectivity index (χ4n) is 1.26. The molecule has 0 heterocycles. The summed E-state index contributed by atoms with van der Waals surface area (Å²) in [7, 11) is -4.28. The van der Waals surface area contributed by atoms with Crippen molar-refractivity contribution in [2.45, 2.75) is 24.3 Å². The maximum absolute atomic E-state index is 13.9. The van der Waals surface area contributed by atoms with Crippen molar-refractivity contribution >= 4 is 31.9 Å². The molecule has 0 aromatic heterocycles. The molecule has 6 nitrogen and oxygen atoms in total. The minimum atomic E-state index is -4.28. The number of nitrogens with one attached hydrogen (secondary N) is 1. The minimum absolute atomic E-state index is 0.111.